The normalized spacial score (nSPS) is 10.3. The fraction of sp³-hybridized carbons (Fsp3) is 0.133. The van der Waals surface area contributed by atoms with Gasteiger partial charge in [0.15, 0.2) is 0 Å². The molecule has 4 nitrogen and oxygen atoms in total. The Hall–Kier alpha value is -2.18. The first-order valence-electron chi connectivity index (χ1n) is 6.43. The van der Waals surface area contributed by atoms with E-state index in [-0.39, 0.29) is 11.0 Å². The van der Waals surface area contributed by atoms with Gasteiger partial charge in [0.05, 0.1) is 5.56 Å². The summed E-state index contributed by atoms with van der Waals surface area (Å²) in [5, 5.41) is 20.8. The van der Waals surface area contributed by atoms with Gasteiger partial charge in [0, 0.05) is 5.69 Å². The Morgan fingerprint density at radius 3 is 2.57 bits per heavy atom. The molecule has 0 atom stereocenters. The maximum absolute atomic E-state index is 13.7. The van der Waals surface area contributed by atoms with Crippen LogP contribution in [0, 0.1) is 19.7 Å². The molecule has 0 aliphatic heterocycles. The third-order valence-electron chi connectivity index (χ3n) is 3.39. The molecule has 0 saturated heterocycles. The summed E-state index contributed by atoms with van der Waals surface area (Å²) in [6, 6.07) is 8.81. The molecule has 108 valence electrons. The predicted molar refractivity (Wildman–Crippen MR) is 80.1 cm³/mol. The van der Waals surface area contributed by atoms with Crippen molar-refractivity contribution >= 4 is 24.2 Å². The van der Waals surface area contributed by atoms with E-state index in [0.717, 1.165) is 23.3 Å². The van der Waals surface area contributed by atoms with Crippen LogP contribution >= 0.6 is 0 Å². The number of amides is 1. The number of hydrogen-bond acceptors (Lipinski definition) is 3. The first-order chi connectivity index (χ1) is 9.90. The van der Waals surface area contributed by atoms with Gasteiger partial charge in [-0.3, -0.25) is 4.79 Å². The third kappa shape index (κ3) is 3.29. The second-order valence-electron chi connectivity index (χ2n) is 4.81. The predicted octanol–water partition coefficient (Wildman–Crippen LogP) is 1.37. The standard InChI is InChI=1S/C15H15BFNO3/c1-9-4-3-5-14(10(9)2)18-15(19)12-8-11(16(20)21)6-7-13(12)17/h3-8,20-21H,1-2H3,(H,18,19). The molecule has 3 N–H and O–H groups in total. The summed E-state index contributed by atoms with van der Waals surface area (Å²) >= 11 is 0. The van der Waals surface area contributed by atoms with E-state index in [0.29, 0.717) is 5.69 Å². The second kappa shape index (κ2) is 6.07. The minimum absolute atomic E-state index is 0.0579. The van der Waals surface area contributed by atoms with E-state index in [9.17, 15) is 9.18 Å². The first-order valence-corrected chi connectivity index (χ1v) is 6.43. The molecular weight excluding hydrogens is 272 g/mol. The van der Waals surface area contributed by atoms with Crippen molar-refractivity contribution in [1.82, 2.24) is 0 Å². The number of nitrogens with one attached hydrogen (secondary N) is 1. The van der Waals surface area contributed by atoms with Crippen LogP contribution in [0.15, 0.2) is 36.4 Å². The monoisotopic (exact) mass is 287 g/mol. The number of carbonyl (C=O) groups is 1. The summed E-state index contributed by atoms with van der Waals surface area (Å²) in [4.78, 5) is 12.2. The molecule has 6 heteroatoms. The Labute approximate surface area is 122 Å². The quantitative estimate of drug-likeness (QED) is 0.747. The zero-order valence-corrected chi connectivity index (χ0v) is 11.7. The van der Waals surface area contributed by atoms with Crippen molar-refractivity contribution in [2.75, 3.05) is 5.32 Å². The largest absolute Gasteiger partial charge is 0.488 e. The molecule has 2 aromatic rings. The molecule has 0 aromatic heterocycles. The number of carbonyl (C=O) groups excluding carboxylic acids is 1. The van der Waals surface area contributed by atoms with Crippen molar-refractivity contribution in [3.8, 4) is 0 Å². The van der Waals surface area contributed by atoms with Crippen molar-refractivity contribution in [2.45, 2.75) is 13.8 Å². The maximum Gasteiger partial charge on any atom is 0.488 e. The minimum Gasteiger partial charge on any atom is -0.423 e. The Morgan fingerprint density at radius 1 is 1.19 bits per heavy atom. The first kappa shape index (κ1) is 15.2. The Balaban J connectivity index is 2.32. The van der Waals surface area contributed by atoms with Gasteiger partial charge in [-0.25, -0.2) is 4.39 Å². The summed E-state index contributed by atoms with van der Waals surface area (Å²) in [5.74, 6) is -1.36. The van der Waals surface area contributed by atoms with Crippen molar-refractivity contribution in [2.24, 2.45) is 0 Å². The molecule has 0 unspecified atom stereocenters. The zero-order chi connectivity index (χ0) is 15.6. The molecule has 0 radical (unpaired) electrons. The van der Waals surface area contributed by atoms with Gasteiger partial charge >= 0.3 is 7.12 Å². The van der Waals surface area contributed by atoms with Crippen molar-refractivity contribution in [3.63, 3.8) is 0 Å². The fourth-order valence-corrected chi connectivity index (χ4v) is 1.95. The molecule has 0 aliphatic carbocycles. The average molecular weight is 287 g/mol. The zero-order valence-electron chi connectivity index (χ0n) is 11.7. The number of halogens is 1. The topological polar surface area (TPSA) is 69.6 Å². The highest BCUT2D eigenvalue weighted by molar-refractivity contribution is 6.58. The van der Waals surface area contributed by atoms with Gasteiger partial charge in [0.2, 0.25) is 0 Å². The van der Waals surface area contributed by atoms with Crippen LogP contribution in [0.1, 0.15) is 21.5 Å². The average Bonchev–Trinajstić information content (AvgIpc) is 2.44. The van der Waals surface area contributed by atoms with Gasteiger partial charge in [-0.05, 0) is 48.6 Å². The lowest BCUT2D eigenvalue weighted by Crippen LogP contribution is -2.31. The molecule has 0 saturated carbocycles. The number of rotatable bonds is 3. The van der Waals surface area contributed by atoms with Crippen LogP contribution in [0.3, 0.4) is 0 Å². The number of hydrogen-bond donors (Lipinski definition) is 3. The molecule has 21 heavy (non-hydrogen) atoms. The van der Waals surface area contributed by atoms with Crippen LogP contribution in [0.4, 0.5) is 10.1 Å². The van der Waals surface area contributed by atoms with Gasteiger partial charge in [0.25, 0.3) is 5.91 Å². The summed E-state index contributed by atoms with van der Waals surface area (Å²) in [6.07, 6.45) is 0. The van der Waals surface area contributed by atoms with Crippen LogP contribution in [-0.4, -0.2) is 23.1 Å². The van der Waals surface area contributed by atoms with Crippen LogP contribution in [0.2, 0.25) is 0 Å². The summed E-state index contributed by atoms with van der Waals surface area (Å²) in [6.45, 7) is 3.77. The molecule has 0 spiro atoms. The number of benzene rings is 2. The van der Waals surface area contributed by atoms with E-state index in [4.69, 9.17) is 10.0 Å². The highest BCUT2D eigenvalue weighted by atomic mass is 19.1. The minimum atomic E-state index is -1.75. The fourth-order valence-electron chi connectivity index (χ4n) is 1.95. The summed E-state index contributed by atoms with van der Waals surface area (Å²) in [5.41, 5.74) is 2.32. The van der Waals surface area contributed by atoms with Gasteiger partial charge in [-0.15, -0.1) is 0 Å². The van der Waals surface area contributed by atoms with Crippen LogP contribution in [0.5, 0.6) is 0 Å². The van der Waals surface area contributed by atoms with Gasteiger partial charge in [-0.1, -0.05) is 18.2 Å². The number of aryl methyl sites for hydroxylation is 1. The van der Waals surface area contributed by atoms with Gasteiger partial charge < -0.3 is 15.4 Å². The van der Waals surface area contributed by atoms with Gasteiger partial charge in [0.1, 0.15) is 5.82 Å². The Morgan fingerprint density at radius 2 is 1.90 bits per heavy atom. The highest BCUT2D eigenvalue weighted by Gasteiger charge is 2.18. The molecule has 1 amide bonds. The van der Waals surface area contributed by atoms with E-state index in [1.54, 1.807) is 12.1 Å². The Bertz CT molecular complexity index is 689. The van der Waals surface area contributed by atoms with Crippen molar-refractivity contribution in [1.29, 1.82) is 0 Å². The molecule has 0 aliphatic rings. The maximum atomic E-state index is 13.7. The van der Waals surface area contributed by atoms with Crippen molar-refractivity contribution < 1.29 is 19.2 Å². The lowest BCUT2D eigenvalue weighted by atomic mass is 9.79. The lowest BCUT2D eigenvalue weighted by Gasteiger charge is -2.11. The molecule has 2 rings (SSSR count). The van der Waals surface area contributed by atoms with Crippen molar-refractivity contribution in [3.05, 3.63) is 58.9 Å². The molecule has 2 aromatic carbocycles. The van der Waals surface area contributed by atoms with E-state index in [1.165, 1.54) is 6.07 Å². The second-order valence-corrected chi connectivity index (χ2v) is 4.81. The highest BCUT2D eigenvalue weighted by Crippen LogP contribution is 2.19. The van der Waals surface area contributed by atoms with Crippen LogP contribution < -0.4 is 10.8 Å². The molecule has 0 fully saturated rings. The summed E-state index contributed by atoms with van der Waals surface area (Å²) in [7, 11) is -1.75. The van der Waals surface area contributed by atoms with Crippen LogP contribution in [-0.2, 0) is 0 Å². The molecule has 0 bridgehead atoms. The van der Waals surface area contributed by atoms with E-state index < -0.39 is 18.8 Å². The Kier molecular flexibility index (Phi) is 4.40. The smallest absolute Gasteiger partial charge is 0.423 e. The van der Waals surface area contributed by atoms with E-state index in [2.05, 4.69) is 5.32 Å². The third-order valence-corrected chi connectivity index (χ3v) is 3.39. The van der Waals surface area contributed by atoms with Gasteiger partial charge in [-0.2, -0.15) is 0 Å². The molecular formula is C15H15BFNO3. The van der Waals surface area contributed by atoms with Crippen LogP contribution in [0.25, 0.3) is 0 Å². The lowest BCUT2D eigenvalue weighted by molar-refractivity contribution is 0.102. The van der Waals surface area contributed by atoms with E-state index in [1.807, 2.05) is 19.9 Å². The number of anilines is 1. The van der Waals surface area contributed by atoms with E-state index >= 15 is 0 Å². The molecule has 0 heterocycles. The summed E-state index contributed by atoms with van der Waals surface area (Å²) < 4.78 is 13.7. The SMILES string of the molecule is Cc1cccc(NC(=O)c2cc(B(O)O)ccc2F)c1C.